The van der Waals surface area contributed by atoms with Crippen LogP contribution in [-0.4, -0.2) is 18.1 Å². The molecule has 2 rings (SSSR count). The largest absolute Gasteiger partial charge is 0.341 e. The fraction of sp³-hybridized carbons (Fsp3) is 0.333. The highest BCUT2D eigenvalue weighted by Gasteiger charge is 2.22. The molecule has 2 aromatic rings. The van der Waals surface area contributed by atoms with Crippen molar-refractivity contribution in [2.45, 2.75) is 38.1 Å². The Morgan fingerprint density at radius 2 is 1.73 bits per heavy atom. The monoisotopic (exact) mass is 370 g/mol. The molecule has 0 saturated carbocycles. The van der Waals surface area contributed by atoms with E-state index in [0.717, 1.165) is 16.9 Å². The van der Waals surface area contributed by atoms with Crippen LogP contribution in [0.5, 0.6) is 0 Å². The van der Waals surface area contributed by atoms with Crippen molar-refractivity contribution in [1.82, 2.24) is 5.32 Å². The zero-order chi connectivity index (χ0) is 19.1. The van der Waals surface area contributed by atoms with Crippen LogP contribution in [0.2, 0.25) is 0 Å². The van der Waals surface area contributed by atoms with E-state index in [4.69, 9.17) is 0 Å². The van der Waals surface area contributed by atoms with E-state index < -0.39 is 11.8 Å². The maximum absolute atomic E-state index is 12.4. The third kappa shape index (κ3) is 5.36. The molecule has 0 aromatic heterocycles. The molecular weight excluding hydrogens is 344 g/mol. The number of anilines is 1. The highest BCUT2D eigenvalue weighted by molar-refractivity contribution is 7.98. The van der Waals surface area contributed by atoms with Crippen LogP contribution < -0.4 is 10.6 Å². The molecule has 138 valence electrons. The minimum absolute atomic E-state index is 0.166. The van der Waals surface area contributed by atoms with Gasteiger partial charge in [0.25, 0.3) is 0 Å². The van der Waals surface area contributed by atoms with Gasteiger partial charge in [0, 0.05) is 10.6 Å². The first-order chi connectivity index (χ1) is 12.4. The number of thioether (sulfide) groups is 1. The number of amides is 2. The second-order valence-electron chi connectivity index (χ2n) is 6.48. The topological polar surface area (TPSA) is 58.2 Å². The van der Waals surface area contributed by atoms with E-state index in [2.05, 4.69) is 29.7 Å². The fourth-order valence-electron chi connectivity index (χ4n) is 2.69. The van der Waals surface area contributed by atoms with Crippen LogP contribution in [0.3, 0.4) is 0 Å². The van der Waals surface area contributed by atoms with E-state index in [0.29, 0.717) is 5.69 Å². The van der Waals surface area contributed by atoms with Crippen LogP contribution in [-0.2, 0) is 16.0 Å². The smallest absolute Gasteiger partial charge is 0.313 e. The third-order valence-electron chi connectivity index (χ3n) is 4.23. The maximum atomic E-state index is 12.4. The molecule has 0 spiro atoms. The normalized spacial score (nSPS) is 11.9. The third-order valence-corrected chi connectivity index (χ3v) is 4.96. The van der Waals surface area contributed by atoms with Crippen LogP contribution in [0, 0.1) is 5.92 Å². The molecule has 2 N–H and O–H groups in total. The van der Waals surface area contributed by atoms with Gasteiger partial charge in [-0.15, -0.1) is 11.8 Å². The van der Waals surface area contributed by atoms with E-state index in [1.807, 2.05) is 50.4 Å². The molecule has 2 amide bonds. The maximum Gasteiger partial charge on any atom is 0.313 e. The van der Waals surface area contributed by atoms with Gasteiger partial charge in [-0.05, 0) is 47.9 Å². The van der Waals surface area contributed by atoms with Gasteiger partial charge in [0.15, 0.2) is 0 Å². The van der Waals surface area contributed by atoms with Crippen molar-refractivity contribution in [3.05, 3.63) is 59.7 Å². The van der Waals surface area contributed by atoms with Crippen molar-refractivity contribution in [2.24, 2.45) is 5.92 Å². The van der Waals surface area contributed by atoms with Crippen LogP contribution in [0.4, 0.5) is 5.69 Å². The second-order valence-corrected chi connectivity index (χ2v) is 7.36. The quantitative estimate of drug-likeness (QED) is 0.584. The molecule has 5 heteroatoms. The van der Waals surface area contributed by atoms with Gasteiger partial charge in [0.1, 0.15) is 0 Å². The predicted octanol–water partition coefficient (Wildman–Crippen LogP) is 4.42. The van der Waals surface area contributed by atoms with Gasteiger partial charge in [-0.25, -0.2) is 0 Å². The van der Waals surface area contributed by atoms with Crippen LogP contribution in [0.25, 0.3) is 0 Å². The van der Waals surface area contributed by atoms with Gasteiger partial charge in [-0.1, -0.05) is 51.1 Å². The van der Waals surface area contributed by atoms with Gasteiger partial charge in [0.05, 0.1) is 6.04 Å². The minimum atomic E-state index is -0.654. The Kier molecular flexibility index (Phi) is 7.27. The molecule has 2 aromatic carbocycles. The Morgan fingerprint density at radius 3 is 2.31 bits per heavy atom. The molecule has 0 saturated heterocycles. The van der Waals surface area contributed by atoms with Gasteiger partial charge in [-0.2, -0.15) is 0 Å². The SMILES string of the molecule is CCc1ccc(C(NC(=O)C(=O)Nc2cccc(SC)c2)C(C)C)cc1. The molecule has 4 nitrogen and oxygen atoms in total. The lowest BCUT2D eigenvalue weighted by Gasteiger charge is -2.23. The Morgan fingerprint density at radius 1 is 1.04 bits per heavy atom. The number of aryl methyl sites for hydroxylation is 1. The van der Waals surface area contributed by atoms with Gasteiger partial charge >= 0.3 is 11.8 Å². The summed E-state index contributed by atoms with van der Waals surface area (Å²) in [4.78, 5) is 25.7. The van der Waals surface area contributed by atoms with Crippen molar-refractivity contribution in [3.63, 3.8) is 0 Å². The fourth-order valence-corrected chi connectivity index (χ4v) is 3.15. The van der Waals surface area contributed by atoms with Crippen LogP contribution in [0.1, 0.15) is 37.9 Å². The van der Waals surface area contributed by atoms with Crippen molar-refractivity contribution >= 4 is 29.3 Å². The highest BCUT2D eigenvalue weighted by Crippen LogP contribution is 2.23. The molecule has 0 fully saturated rings. The van der Waals surface area contributed by atoms with E-state index >= 15 is 0 Å². The molecule has 0 radical (unpaired) electrons. The molecule has 0 heterocycles. The number of rotatable bonds is 6. The zero-order valence-electron chi connectivity index (χ0n) is 15.7. The summed E-state index contributed by atoms with van der Waals surface area (Å²) in [6, 6.07) is 15.4. The number of benzene rings is 2. The first-order valence-electron chi connectivity index (χ1n) is 8.79. The molecular formula is C21H26N2O2S. The Balaban J connectivity index is 2.07. The van der Waals surface area contributed by atoms with E-state index in [1.165, 1.54) is 5.56 Å². The number of carbonyl (C=O) groups is 2. The lowest BCUT2D eigenvalue weighted by atomic mass is 9.95. The first kappa shape index (κ1) is 20.0. The summed E-state index contributed by atoms with van der Waals surface area (Å²) in [6.45, 7) is 6.16. The minimum Gasteiger partial charge on any atom is -0.341 e. The van der Waals surface area contributed by atoms with Crippen molar-refractivity contribution in [2.75, 3.05) is 11.6 Å². The van der Waals surface area contributed by atoms with Gasteiger partial charge in [0.2, 0.25) is 0 Å². The molecule has 0 aliphatic carbocycles. The standard InChI is InChI=1S/C21H26N2O2S/c1-5-15-9-11-16(12-10-15)19(14(2)3)23-21(25)20(24)22-17-7-6-8-18(13-17)26-4/h6-14,19H,5H2,1-4H3,(H,22,24)(H,23,25). The second kappa shape index (κ2) is 9.43. The Bertz CT molecular complexity index is 757. The highest BCUT2D eigenvalue weighted by atomic mass is 32.2. The average Bonchev–Trinajstić information content (AvgIpc) is 2.65. The number of nitrogens with one attached hydrogen (secondary N) is 2. The van der Waals surface area contributed by atoms with Gasteiger partial charge < -0.3 is 10.6 Å². The van der Waals surface area contributed by atoms with Crippen LogP contribution in [0.15, 0.2) is 53.4 Å². The average molecular weight is 371 g/mol. The van der Waals surface area contributed by atoms with Crippen molar-refractivity contribution < 1.29 is 9.59 Å². The molecule has 0 aliphatic heterocycles. The zero-order valence-corrected chi connectivity index (χ0v) is 16.5. The summed E-state index contributed by atoms with van der Waals surface area (Å²) < 4.78 is 0. The predicted molar refractivity (Wildman–Crippen MR) is 108 cm³/mol. The summed E-state index contributed by atoms with van der Waals surface area (Å²) >= 11 is 1.58. The summed E-state index contributed by atoms with van der Waals surface area (Å²) in [5.74, 6) is -1.11. The lowest BCUT2D eigenvalue weighted by Crippen LogP contribution is -2.39. The number of hydrogen-bond donors (Lipinski definition) is 2. The molecule has 0 aliphatic rings. The van der Waals surface area contributed by atoms with E-state index in [-0.39, 0.29) is 12.0 Å². The Labute approximate surface area is 159 Å². The summed E-state index contributed by atoms with van der Waals surface area (Å²) in [7, 11) is 0. The van der Waals surface area contributed by atoms with Crippen molar-refractivity contribution in [1.29, 1.82) is 0 Å². The van der Waals surface area contributed by atoms with E-state index in [1.54, 1.807) is 17.8 Å². The number of carbonyl (C=O) groups excluding carboxylic acids is 2. The van der Waals surface area contributed by atoms with Crippen LogP contribution >= 0.6 is 11.8 Å². The van der Waals surface area contributed by atoms with Gasteiger partial charge in [-0.3, -0.25) is 9.59 Å². The van der Waals surface area contributed by atoms with Crippen molar-refractivity contribution in [3.8, 4) is 0 Å². The summed E-state index contributed by atoms with van der Waals surface area (Å²) in [5, 5.41) is 5.53. The summed E-state index contributed by atoms with van der Waals surface area (Å²) in [5.41, 5.74) is 2.86. The molecule has 1 unspecified atom stereocenters. The lowest BCUT2D eigenvalue weighted by molar-refractivity contribution is -0.136. The molecule has 1 atom stereocenters. The summed E-state index contributed by atoms with van der Waals surface area (Å²) in [6.07, 6.45) is 2.93. The van der Waals surface area contributed by atoms with E-state index in [9.17, 15) is 9.59 Å². The first-order valence-corrected chi connectivity index (χ1v) is 10.0. The number of hydrogen-bond acceptors (Lipinski definition) is 3. The molecule has 0 bridgehead atoms. The molecule has 26 heavy (non-hydrogen) atoms. The Hall–Kier alpha value is -2.27.